The summed E-state index contributed by atoms with van der Waals surface area (Å²) in [5, 5.41) is 14.7. The van der Waals surface area contributed by atoms with Crippen LogP contribution in [0.5, 0.6) is 11.5 Å². The van der Waals surface area contributed by atoms with E-state index in [1.165, 1.54) is 12.3 Å². The summed E-state index contributed by atoms with van der Waals surface area (Å²) in [6, 6.07) is 9.55. The van der Waals surface area contributed by atoms with Gasteiger partial charge in [-0.1, -0.05) is 12.1 Å². The normalized spacial score (nSPS) is 10.0. The van der Waals surface area contributed by atoms with E-state index in [0.717, 1.165) is 0 Å². The van der Waals surface area contributed by atoms with Gasteiger partial charge in [0.15, 0.2) is 23.9 Å². The monoisotopic (exact) mass is 304 g/mol. The smallest absolute Gasteiger partial charge is 0.287 e. The number of para-hydroxylation sites is 2. The highest BCUT2D eigenvalue weighted by molar-refractivity contribution is 5.91. The lowest BCUT2D eigenvalue weighted by atomic mass is 10.3. The molecule has 0 spiro atoms. The molecule has 22 heavy (non-hydrogen) atoms. The van der Waals surface area contributed by atoms with Gasteiger partial charge in [-0.3, -0.25) is 9.59 Å². The van der Waals surface area contributed by atoms with Gasteiger partial charge in [-0.15, -0.1) is 0 Å². The second-order valence-electron chi connectivity index (χ2n) is 4.34. The highest BCUT2D eigenvalue weighted by Gasteiger charge is 2.08. The van der Waals surface area contributed by atoms with Gasteiger partial charge in [0.2, 0.25) is 0 Å². The summed E-state index contributed by atoms with van der Waals surface area (Å²) in [6.07, 6.45) is 1.41. The Morgan fingerprint density at radius 2 is 1.86 bits per heavy atom. The zero-order chi connectivity index (χ0) is 15.8. The van der Waals surface area contributed by atoms with E-state index in [1.54, 1.807) is 30.3 Å². The number of carbonyl (C=O) groups is 2. The van der Waals surface area contributed by atoms with Crippen LogP contribution in [0.3, 0.4) is 0 Å². The largest absolute Gasteiger partial charge is 0.504 e. The Labute approximate surface area is 126 Å². The number of carbonyl (C=O) groups excluding carboxylic acids is 2. The maximum Gasteiger partial charge on any atom is 0.287 e. The molecule has 0 radical (unpaired) electrons. The van der Waals surface area contributed by atoms with E-state index in [9.17, 15) is 14.7 Å². The van der Waals surface area contributed by atoms with Crippen LogP contribution < -0.4 is 15.4 Å². The first kappa shape index (κ1) is 15.4. The SMILES string of the molecule is O=C(COc1ccccc1O)NCCNC(=O)c1ccco1. The molecule has 0 saturated heterocycles. The molecular weight excluding hydrogens is 288 g/mol. The zero-order valence-corrected chi connectivity index (χ0v) is 11.7. The molecule has 0 aliphatic rings. The molecule has 2 aromatic rings. The van der Waals surface area contributed by atoms with Crippen LogP contribution >= 0.6 is 0 Å². The van der Waals surface area contributed by atoms with Crippen molar-refractivity contribution in [1.29, 1.82) is 0 Å². The first-order valence-electron chi connectivity index (χ1n) is 6.66. The third-order valence-electron chi connectivity index (χ3n) is 2.70. The van der Waals surface area contributed by atoms with Gasteiger partial charge in [0.1, 0.15) is 0 Å². The Bertz CT molecular complexity index is 625. The second-order valence-corrected chi connectivity index (χ2v) is 4.34. The molecule has 3 N–H and O–H groups in total. The van der Waals surface area contributed by atoms with E-state index >= 15 is 0 Å². The topological polar surface area (TPSA) is 101 Å². The molecule has 0 bridgehead atoms. The number of hydrogen-bond acceptors (Lipinski definition) is 5. The van der Waals surface area contributed by atoms with Crippen LogP contribution in [0.4, 0.5) is 0 Å². The number of amides is 2. The molecule has 7 nitrogen and oxygen atoms in total. The number of phenolic OH excluding ortho intramolecular Hbond substituents is 1. The van der Waals surface area contributed by atoms with Crippen LogP contribution in [0, 0.1) is 0 Å². The van der Waals surface area contributed by atoms with E-state index in [1.807, 2.05) is 0 Å². The minimum atomic E-state index is -0.351. The maximum atomic E-state index is 11.6. The Hall–Kier alpha value is -2.96. The fourth-order valence-corrected chi connectivity index (χ4v) is 1.65. The molecule has 0 fully saturated rings. The van der Waals surface area contributed by atoms with Crippen molar-refractivity contribution in [1.82, 2.24) is 10.6 Å². The lowest BCUT2D eigenvalue weighted by Gasteiger charge is -2.08. The van der Waals surface area contributed by atoms with Crippen molar-refractivity contribution < 1.29 is 23.8 Å². The number of aromatic hydroxyl groups is 1. The number of rotatable bonds is 7. The van der Waals surface area contributed by atoms with Crippen LogP contribution in [0.2, 0.25) is 0 Å². The molecule has 0 unspecified atom stereocenters. The molecule has 0 aliphatic heterocycles. The van der Waals surface area contributed by atoms with E-state index in [-0.39, 0.29) is 48.8 Å². The van der Waals surface area contributed by atoms with Crippen molar-refractivity contribution in [3.8, 4) is 11.5 Å². The van der Waals surface area contributed by atoms with Gasteiger partial charge >= 0.3 is 0 Å². The van der Waals surface area contributed by atoms with Crippen molar-refractivity contribution in [3.63, 3.8) is 0 Å². The molecule has 116 valence electrons. The van der Waals surface area contributed by atoms with Crippen molar-refractivity contribution in [3.05, 3.63) is 48.4 Å². The zero-order valence-electron chi connectivity index (χ0n) is 11.7. The molecule has 1 aromatic heterocycles. The number of phenols is 1. The Balaban J connectivity index is 1.62. The second kappa shape index (κ2) is 7.72. The molecule has 7 heteroatoms. The van der Waals surface area contributed by atoms with Crippen molar-refractivity contribution in [2.24, 2.45) is 0 Å². The molecule has 0 saturated carbocycles. The Morgan fingerprint density at radius 1 is 1.09 bits per heavy atom. The molecule has 0 aliphatic carbocycles. The molecule has 1 aromatic carbocycles. The van der Waals surface area contributed by atoms with Gasteiger partial charge in [-0.2, -0.15) is 0 Å². The van der Waals surface area contributed by atoms with Gasteiger partial charge in [-0.25, -0.2) is 0 Å². The molecular formula is C15H16N2O5. The Morgan fingerprint density at radius 3 is 2.59 bits per heavy atom. The lowest BCUT2D eigenvalue weighted by Crippen LogP contribution is -2.36. The summed E-state index contributed by atoms with van der Waals surface area (Å²) in [4.78, 5) is 23.1. The van der Waals surface area contributed by atoms with E-state index in [4.69, 9.17) is 9.15 Å². The van der Waals surface area contributed by atoms with Gasteiger partial charge in [0.05, 0.1) is 6.26 Å². The first-order chi connectivity index (χ1) is 10.7. The standard InChI is InChI=1S/C15H16N2O5/c18-11-4-1-2-5-12(11)22-10-14(19)16-7-8-17-15(20)13-6-3-9-21-13/h1-6,9,18H,7-8,10H2,(H,16,19)(H,17,20). The number of hydrogen-bond donors (Lipinski definition) is 3. The van der Waals surface area contributed by atoms with Crippen LogP contribution in [0.15, 0.2) is 47.1 Å². The quantitative estimate of drug-likeness (QED) is 0.660. The third-order valence-corrected chi connectivity index (χ3v) is 2.70. The average molecular weight is 304 g/mol. The van der Waals surface area contributed by atoms with Gasteiger partial charge in [-0.05, 0) is 24.3 Å². The van der Waals surface area contributed by atoms with E-state index in [2.05, 4.69) is 10.6 Å². The molecule has 0 atom stereocenters. The number of nitrogens with one attached hydrogen (secondary N) is 2. The average Bonchev–Trinajstić information content (AvgIpc) is 3.05. The number of ether oxygens (including phenoxy) is 1. The predicted octanol–water partition coefficient (Wildman–Crippen LogP) is 0.910. The molecule has 1 heterocycles. The van der Waals surface area contributed by atoms with Gasteiger partial charge in [0, 0.05) is 13.1 Å². The van der Waals surface area contributed by atoms with E-state index in [0.29, 0.717) is 0 Å². The van der Waals surface area contributed by atoms with Crippen molar-refractivity contribution in [2.45, 2.75) is 0 Å². The minimum Gasteiger partial charge on any atom is -0.504 e. The Kier molecular flexibility index (Phi) is 5.42. The highest BCUT2D eigenvalue weighted by Crippen LogP contribution is 2.23. The summed E-state index contributed by atoms with van der Waals surface area (Å²) in [5.74, 6) is -0.265. The van der Waals surface area contributed by atoms with Crippen molar-refractivity contribution >= 4 is 11.8 Å². The summed E-state index contributed by atoms with van der Waals surface area (Å²) in [7, 11) is 0. The summed E-state index contributed by atoms with van der Waals surface area (Å²) >= 11 is 0. The van der Waals surface area contributed by atoms with Crippen molar-refractivity contribution in [2.75, 3.05) is 19.7 Å². The lowest BCUT2D eigenvalue weighted by molar-refractivity contribution is -0.123. The maximum absolute atomic E-state index is 11.6. The fourth-order valence-electron chi connectivity index (χ4n) is 1.65. The van der Waals surface area contributed by atoms with Gasteiger partial charge < -0.3 is 24.9 Å². The third kappa shape index (κ3) is 4.55. The minimum absolute atomic E-state index is 0.0268. The summed E-state index contributed by atoms with van der Waals surface area (Å²) < 4.78 is 10.1. The summed E-state index contributed by atoms with van der Waals surface area (Å²) in [6.45, 7) is 0.307. The van der Waals surface area contributed by atoms with Crippen LogP contribution in [0.1, 0.15) is 10.6 Å². The van der Waals surface area contributed by atoms with Gasteiger partial charge in [0.25, 0.3) is 11.8 Å². The molecule has 2 rings (SSSR count). The highest BCUT2D eigenvalue weighted by atomic mass is 16.5. The van der Waals surface area contributed by atoms with Crippen LogP contribution in [-0.4, -0.2) is 36.6 Å². The van der Waals surface area contributed by atoms with Crippen LogP contribution in [-0.2, 0) is 4.79 Å². The summed E-state index contributed by atoms with van der Waals surface area (Å²) in [5.41, 5.74) is 0. The van der Waals surface area contributed by atoms with Crippen LogP contribution in [0.25, 0.3) is 0 Å². The predicted molar refractivity (Wildman–Crippen MR) is 77.7 cm³/mol. The van der Waals surface area contributed by atoms with E-state index < -0.39 is 0 Å². The molecule has 2 amide bonds. The number of furan rings is 1. The fraction of sp³-hybridized carbons (Fsp3) is 0.200. The first-order valence-corrected chi connectivity index (χ1v) is 6.66. The number of benzene rings is 1.